The SMILES string of the molecule is COc1ccc(-c2noc(CCC(=O)NCC(c3cccc(C)c3)N3CCOCC3)n2)cc1. The molecule has 4 rings (SSSR count). The molecule has 2 heterocycles. The second-order valence-electron chi connectivity index (χ2n) is 8.12. The van der Waals surface area contributed by atoms with Gasteiger partial charge in [-0.2, -0.15) is 4.98 Å². The summed E-state index contributed by atoms with van der Waals surface area (Å²) in [6, 6.07) is 16.0. The highest BCUT2D eigenvalue weighted by atomic mass is 16.5. The Hall–Kier alpha value is -3.23. The Morgan fingerprint density at radius 2 is 1.97 bits per heavy atom. The Balaban J connectivity index is 1.32. The molecule has 0 spiro atoms. The van der Waals surface area contributed by atoms with Gasteiger partial charge in [-0.05, 0) is 36.8 Å². The van der Waals surface area contributed by atoms with Gasteiger partial charge in [-0.1, -0.05) is 35.0 Å². The molecule has 0 aliphatic carbocycles. The minimum absolute atomic E-state index is 0.0369. The minimum Gasteiger partial charge on any atom is -0.497 e. The largest absolute Gasteiger partial charge is 0.497 e. The third kappa shape index (κ3) is 6.18. The standard InChI is InChI=1S/C25H30N4O4/c1-18-4-3-5-20(16-18)22(29-12-14-32-15-13-29)17-26-23(30)10-11-24-27-25(28-33-24)19-6-8-21(31-2)9-7-19/h3-9,16,22H,10-15,17H2,1-2H3,(H,26,30). The zero-order valence-corrected chi connectivity index (χ0v) is 19.1. The van der Waals surface area contributed by atoms with E-state index in [0.717, 1.165) is 24.4 Å². The normalized spacial score (nSPS) is 15.2. The topological polar surface area (TPSA) is 89.7 Å². The number of benzene rings is 2. The van der Waals surface area contributed by atoms with Gasteiger partial charge in [-0.3, -0.25) is 9.69 Å². The molecule has 1 aliphatic rings. The van der Waals surface area contributed by atoms with Crippen molar-refractivity contribution in [2.24, 2.45) is 0 Å². The lowest BCUT2D eigenvalue weighted by molar-refractivity contribution is -0.121. The Morgan fingerprint density at radius 3 is 2.70 bits per heavy atom. The summed E-state index contributed by atoms with van der Waals surface area (Å²) >= 11 is 0. The van der Waals surface area contributed by atoms with Crippen LogP contribution in [0.1, 0.15) is 29.5 Å². The van der Waals surface area contributed by atoms with Gasteiger partial charge in [0.2, 0.25) is 17.6 Å². The predicted molar refractivity (Wildman–Crippen MR) is 124 cm³/mol. The van der Waals surface area contributed by atoms with Gasteiger partial charge in [0.25, 0.3) is 0 Å². The number of rotatable bonds is 9. The number of nitrogens with one attached hydrogen (secondary N) is 1. The predicted octanol–water partition coefficient (Wildman–Crippen LogP) is 3.18. The Labute approximate surface area is 193 Å². The van der Waals surface area contributed by atoms with Gasteiger partial charge in [0.15, 0.2) is 0 Å². The van der Waals surface area contributed by atoms with Gasteiger partial charge in [-0.15, -0.1) is 0 Å². The average molecular weight is 451 g/mol. The van der Waals surface area contributed by atoms with Crippen LogP contribution in [0.5, 0.6) is 5.75 Å². The Morgan fingerprint density at radius 1 is 1.18 bits per heavy atom. The molecule has 1 atom stereocenters. The molecule has 8 nitrogen and oxygen atoms in total. The van der Waals surface area contributed by atoms with E-state index in [1.54, 1.807) is 7.11 Å². The summed E-state index contributed by atoms with van der Waals surface area (Å²) in [5, 5.41) is 7.12. The van der Waals surface area contributed by atoms with E-state index in [4.69, 9.17) is 14.0 Å². The second kappa shape index (κ2) is 11.1. The number of aromatic nitrogens is 2. The smallest absolute Gasteiger partial charge is 0.227 e. The van der Waals surface area contributed by atoms with Crippen LogP contribution in [0, 0.1) is 6.92 Å². The second-order valence-corrected chi connectivity index (χ2v) is 8.12. The fourth-order valence-electron chi connectivity index (χ4n) is 3.96. The molecule has 0 radical (unpaired) electrons. The van der Waals surface area contributed by atoms with E-state index in [2.05, 4.69) is 51.5 Å². The van der Waals surface area contributed by atoms with Gasteiger partial charge < -0.3 is 19.3 Å². The fraction of sp³-hybridized carbons (Fsp3) is 0.400. The monoisotopic (exact) mass is 450 g/mol. The van der Waals surface area contributed by atoms with Crippen LogP contribution in [0.3, 0.4) is 0 Å². The molecular weight excluding hydrogens is 420 g/mol. The quantitative estimate of drug-likeness (QED) is 0.536. The number of nitrogens with zero attached hydrogens (tertiary/aromatic N) is 3. The van der Waals surface area contributed by atoms with Crippen LogP contribution in [-0.2, 0) is 16.0 Å². The van der Waals surface area contributed by atoms with Crippen molar-refractivity contribution in [3.05, 3.63) is 65.5 Å². The highest BCUT2D eigenvalue weighted by molar-refractivity contribution is 5.76. The summed E-state index contributed by atoms with van der Waals surface area (Å²) in [6.45, 7) is 5.76. The number of aryl methyl sites for hydroxylation is 2. The molecule has 1 fully saturated rings. The van der Waals surface area contributed by atoms with Crippen LogP contribution in [0.2, 0.25) is 0 Å². The summed E-state index contributed by atoms with van der Waals surface area (Å²) in [5.74, 6) is 1.67. The molecule has 33 heavy (non-hydrogen) atoms. The van der Waals surface area contributed by atoms with Crippen molar-refractivity contribution < 1.29 is 18.8 Å². The summed E-state index contributed by atoms with van der Waals surface area (Å²) < 4.78 is 16.0. The number of methoxy groups -OCH3 is 1. The van der Waals surface area contributed by atoms with Crippen LogP contribution in [0.25, 0.3) is 11.4 Å². The summed E-state index contributed by atoms with van der Waals surface area (Å²) in [4.78, 5) is 19.4. The lowest BCUT2D eigenvalue weighted by Crippen LogP contribution is -2.43. The first kappa shape index (κ1) is 22.9. The number of hydrogen-bond donors (Lipinski definition) is 1. The van der Waals surface area contributed by atoms with Gasteiger partial charge in [0, 0.05) is 38.0 Å². The minimum atomic E-state index is -0.0369. The van der Waals surface area contributed by atoms with E-state index >= 15 is 0 Å². The maximum Gasteiger partial charge on any atom is 0.227 e. The van der Waals surface area contributed by atoms with Crippen molar-refractivity contribution in [1.82, 2.24) is 20.4 Å². The maximum absolute atomic E-state index is 12.6. The van der Waals surface area contributed by atoms with Crippen LogP contribution in [0.15, 0.2) is 53.1 Å². The van der Waals surface area contributed by atoms with E-state index in [-0.39, 0.29) is 18.4 Å². The highest BCUT2D eigenvalue weighted by Crippen LogP contribution is 2.23. The molecule has 1 aromatic heterocycles. The van der Waals surface area contributed by atoms with E-state index in [1.165, 1.54) is 11.1 Å². The number of amides is 1. The van der Waals surface area contributed by atoms with Crippen molar-refractivity contribution in [3.8, 4) is 17.1 Å². The summed E-state index contributed by atoms with van der Waals surface area (Å²) in [7, 11) is 1.62. The van der Waals surface area contributed by atoms with Gasteiger partial charge in [-0.25, -0.2) is 0 Å². The molecule has 8 heteroatoms. The fourth-order valence-corrected chi connectivity index (χ4v) is 3.96. The molecule has 2 aromatic carbocycles. The molecule has 1 saturated heterocycles. The molecule has 1 aliphatic heterocycles. The first-order chi connectivity index (χ1) is 16.1. The summed E-state index contributed by atoms with van der Waals surface area (Å²) in [6.07, 6.45) is 0.676. The maximum atomic E-state index is 12.6. The van der Waals surface area contributed by atoms with E-state index in [9.17, 15) is 4.79 Å². The zero-order valence-electron chi connectivity index (χ0n) is 19.1. The van der Waals surface area contributed by atoms with Crippen LogP contribution in [-0.4, -0.2) is 60.9 Å². The number of morpholine rings is 1. The molecule has 1 N–H and O–H groups in total. The first-order valence-electron chi connectivity index (χ1n) is 11.2. The number of hydrogen-bond acceptors (Lipinski definition) is 7. The van der Waals surface area contributed by atoms with Crippen molar-refractivity contribution >= 4 is 5.91 Å². The molecule has 174 valence electrons. The van der Waals surface area contributed by atoms with Crippen molar-refractivity contribution in [1.29, 1.82) is 0 Å². The van der Waals surface area contributed by atoms with Gasteiger partial charge in [0.05, 0.1) is 26.4 Å². The van der Waals surface area contributed by atoms with E-state index in [1.807, 2.05) is 24.3 Å². The number of carbonyl (C=O) groups is 1. The van der Waals surface area contributed by atoms with Crippen LogP contribution < -0.4 is 10.1 Å². The summed E-state index contributed by atoms with van der Waals surface area (Å²) in [5.41, 5.74) is 3.25. The highest BCUT2D eigenvalue weighted by Gasteiger charge is 2.23. The first-order valence-corrected chi connectivity index (χ1v) is 11.2. The van der Waals surface area contributed by atoms with Gasteiger partial charge in [0.1, 0.15) is 5.75 Å². The molecule has 1 unspecified atom stereocenters. The number of ether oxygens (including phenoxy) is 2. The molecule has 1 amide bonds. The molecule has 3 aromatic rings. The average Bonchev–Trinajstić information content (AvgIpc) is 3.33. The van der Waals surface area contributed by atoms with E-state index in [0.29, 0.717) is 37.9 Å². The van der Waals surface area contributed by atoms with Crippen molar-refractivity contribution in [2.45, 2.75) is 25.8 Å². The third-order valence-electron chi connectivity index (χ3n) is 5.79. The third-order valence-corrected chi connectivity index (χ3v) is 5.79. The lowest BCUT2D eigenvalue weighted by atomic mass is 10.0. The van der Waals surface area contributed by atoms with Crippen molar-refractivity contribution in [3.63, 3.8) is 0 Å². The molecular formula is C25H30N4O4. The molecule has 0 bridgehead atoms. The zero-order chi connectivity index (χ0) is 23.0. The Kier molecular flexibility index (Phi) is 7.70. The van der Waals surface area contributed by atoms with E-state index < -0.39 is 0 Å². The van der Waals surface area contributed by atoms with Crippen LogP contribution >= 0.6 is 0 Å². The van der Waals surface area contributed by atoms with Crippen molar-refractivity contribution in [2.75, 3.05) is 40.0 Å². The Bertz CT molecular complexity index is 1040. The lowest BCUT2D eigenvalue weighted by Gasteiger charge is -2.35. The number of carbonyl (C=O) groups excluding carboxylic acids is 1. The molecule has 0 saturated carbocycles. The van der Waals surface area contributed by atoms with Gasteiger partial charge >= 0.3 is 0 Å². The van der Waals surface area contributed by atoms with Crippen LogP contribution in [0.4, 0.5) is 0 Å².